The Balaban J connectivity index is 1.92. The molecule has 1 fully saturated rings. The molecule has 1 saturated heterocycles. The minimum atomic E-state index is -3.76. The molecule has 2 aromatic carbocycles. The first kappa shape index (κ1) is 19.4. The fourth-order valence-corrected chi connectivity index (χ4v) is 5.01. The van der Waals surface area contributed by atoms with Gasteiger partial charge in [-0.25, -0.2) is 0 Å². The van der Waals surface area contributed by atoms with Crippen LogP contribution in [0.25, 0.3) is 0 Å². The first-order valence-electron chi connectivity index (χ1n) is 8.57. The van der Waals surface area contributed by atoms with Crippen LogP contribution in [0.4, 0.5) is 0 Å². The highest BCUT2D eigenvalue weighted by molar-refractivity contribution is 14.1. The first-order chi connectivity index (χ1) is 12.3. The van der Waals surface area contributed by atoms with E-state index in [1.165, 1.54) is 5.56 Å². The predicted octanol–water partition coefficient (Wildman–Crippen LogP) is 4.92. The number of hydrogen-bond acceptors (Lipinski definition) is 3. The summed E-state index contributed by atoms with van der Waals surface area (Å²) in [7, 11) is -3.76. The number of nitrogens with zero attached hydrogens (tertiary/aromatic N) is 1. The van der Waals surface area contributed by atoms with Crippen molar-refractivity contribution in [3.63, 3.8) is 0 Å². The monoisotopic (exact) mass is 483 g/mol. The van der Waals surface area contributed by atoms with Gasteiger partial charge in [0, 0.05) is 10.8 Å². The molecule has 0 aliphatic carbocycles. The zero-order chi connectivity index (χ0) is 18.8. The summed E-state index contributed by atoms with van der Waals surface area (Å²) in [4.78, 5) is 0.195. The van der Waals surface area contributed by atoms with Crippen LogP contribution in [0.5, 0.6) is 0 Å². The fourth-order valence-electron chi connectivity index (χ4n) is 3.05. The van der Waals surface area contributed by atoms with Gasteiger partial charge < -0.3 is 4.74 Å². The van der Waals surface area contributed by atoms with Crippen LogP contribution in [0.2, 0.25) is 0 Å². The SMILES string of the molecule is Cc1ccc([C@@]2(CI)CCC/C(=N/S(=O)(=O)c3ccc(C)cc3)O2)cc1. The summed E-state index contributed by atoms with van der Waals surface area (Å²) in [6.07, 6.45) is 2.23. The summed E-state index contributed by atoms with van der Waals surface area (Å²) >= 11 is 2.30. The highest BCUT2D eigenvalue weighted by Crippen LogP contribution is 2.38. The van der Waals surface area contributed by atoms with Gasteiger partial charge in [0.1, 0.15) is 5.60 Å². The van der Waals surface area contributed by atoms with Crippen molar-refractivity contribution in [1.29, 1.82) is 0 Å². The maximum Gasteiger partial charge on any atom is 0.285 e. The van der Waals surface area contributed by atoms with Gasteiger partial charge in [0.05, 0.1) is 4.90 Å². The highest BCUT2D eigenvalue weighted by atomic mass is 127. The molecular weight excluding hydrogens is 461 g/mol. The Morgan fingerprint density at radius 1 is 1.04 bits per heavy atom. The molecule has 0 unspecified atom stereocenters. The van der Waals surface area contributed by atoms with Gasteiger partial charge in [-0.05, 0) is 44.4 Å². The topological polar surface area (TPSA) is 55.7 Å². The molecule has 4 nitrogen and oxygen atoms in total. The van der Waals surface area contributed by atoms with Gasteiger partial charge in [0.2, 0.25) is 5.90 Å². The van der Waals surface area contributed by atoms with E-state index in [-0.39, 0.29) is 4.90 Å². The Bertz CT molecular complexity index is 905. The van der Waals surface area contributed by atoms with E-state index < -0.39 is 15.6 Å². The van der Waals surface area contributed by atoms with Crippen LogP contribution in [0.1, 0.15) is 36.0 Å². The van der Waals surface area contributed by atoms with E-state index >= 15 is 0 Å². The van der Waals surface area contributed by atoms with Gasteiger partial charge in [-0.2, -0.15) is 8.42 Å². The standard InChI is InChI=1S/C20H22INO3S/c1-15-5-9-17(10-6-15)20(14-21)13-3-4-19(25-20)22-26(23,24)18-11-7-16(2)8-12-18/h5-12H,3-4,13-14H2,1-2H3/b22-19-/t20-/m0/s1. The van der Waals surface area contributed by atoms with E-state index in [0.29, 0.717) is 12.3 Å². The molecule has 0 aromatic heterocycles. The molecule has 3 rings (SSSR count). The quantitative estimate of drug-likeness (QED) is 0.458. The average molecular weight is 483 g/mol. The van der Waals surface area contributed by atoms with Crippen LogP contribution in [0.15, 0.2) is 57.8 Å². The number of ether oxygens (including phenoxy) is 1. The van der Waals surface area contributed by atoms with E-state index in [4.69, 9.17) is 4.74 Å². The Labute approximate surface area is 168 Å². The van der Waals surface area contributed by atoms with Crippen LogP contribution < -0.4 is 0 Å². The second-order valence-corrected chi connectivity index (χ2v) is 9.09. The second kappa shape index (κ2) is 7.68. The van der Waals surface area contributed by atoms with Crippen LogP contribution in [-0.4, -0.2) is 18.7 Å². The minimum Gasteiger partial charge on any atom is -0.468 e. The molecule has 0 saturated carbocycles. The molecule has 26 heavy (non-hydrogen) atoms. The van der Waals surface area contributed by atoms with Gasteiger partial charge in [0.15, 0.2) is 0 Å². The average Bonchev–Trinajstić information content (AvgIpc) is 2.62. The molecule has 0 amide bonds. The third-order valence-electron chi connectivity index (χ3n) is 4.62. The molecule has 2 aromatic rings. The Hall–Kier alpha value is -1.41. The zero-order valence-electron chi connectivity index (χ0n) is 14.9. The van der Waals surface area contributed by atoms with Crippen molar-refractivity contribution in [2.24, 2.45) is 4.40 Å². The van der Waals surface area contributed by atoms with E-state index in [2.05, 4.69) is 51.3 Å². The van der Waals surface area contributed by atoms with Crippen molar-refractivity contribution in [2.45, 2.75) is 43.6 Å². The molecule has 6 heteroatoms. The lowest BCUT2D eigenvalue weighted by atomic mass is 9.87. The molecule has 1 heterocycles. The first-order valence-corrected chi connectivity index (χ1v) is 11.5. The number of halogens is 1. The predicted molar refractivity (Wildman–Crippen MR) is 112 cm³/mol. The van der Waals surface area contributed by atoms with Crippen LogP contribution in [-0.2, 0) is 20.4 Å². The molecular formula is C20H22INO3S. The maximum absolute atomic E-state index is 12.6. The summed E-state index contributed by atoms with van der Waals surface area (Å²) in [5, 5.41) is 0. The minimum absolute atomic E-state index is 0.195. The van der Waals surface area contributed by atoms with Crippen molar-refractivity contribution in [1.82, 2.24) is 0 Å². The lowest BCUT2D eigenvalue weighted by Crippen LogP contribution is -2.38. The van der Waals surface area contributed by atoms with Gasteiger partial charge in [-0.15, -0.1) is 4.40 Å². The zero-order valence-corrected chi connectivity index (χ0v) is 17.9. The van der Waals surface area contributed by atoms with Gasteiger partial charge in [-0.1, -0.05) is 70.1 Å². The lowest BCUT2D eigenvalue weighted by molar-refractivity contribution is 0.0484. The van der Waals surface area contributed by atoms with Crippen molar-refractivity contribution in [2.75, 3.05) is 4.43 Å². The smallest absolute Gasteiger partial charge is 0.285 e. The molecule has 0 spiro atoms. The van der Waals surface area contributed by atoms with Crippen LogP contribution >= 0.6 is 22.6 Å². The van der Waals surface area contributed by atoms with E-state index in [0.717, 1.165) is 28.4 Å². The summed E-state index contributed by atoms with van der Waals surface area (Å²) < 4.78 is 36.2. The number of rotatable bonds is 4. The molecule has 0 bridgehead atoms. The van der Waals surface area contributed by atoms with Crippen molar-refractivity contribution < 1.29 is 13.2 Å². The number of aryl methyl sites for hydroxylation is 2. The Morgan fingerprint density at radius 3 is 2.19 bits per heavy atom. The van der Waals surface area contributed by atoms with E-state index in [1.807, 2.05) is 13.8 Å². The molecule has 1 aliphatic heterocycles. The van der Waals surface area contributed by atoms with Crippen LogP contribution in [0.3, 0.4) is 0 Å². The molecule has 1 aliphatic rings. The van der Waals surface area contributed by atoms with Gasteiger partial charge in [0.25, 0.3) is 10.0 Å². The molecule has 1 atom stereocenters. The number of benzene rings is 2. The Morgan fingerprint density at radius 2 is 1.62 bits per heavy atom. The summed E-state index contributed by atoms with van der Waals surface area (Å²) in [6.45, 7) is 3.96. The normalized spacial score (nSPS) is 22.2. The second-order valence-electron chi connectivity index (χ2n) is 6.72. The number of hydrogen-bond donors (Lipinski definition) is 0. The number of sulfonamides is 1. The summed E-state index contributed by atoms with van der Waals surface area (Å²) in [5.74, 6) is 0.300. The number of alkyl halides is 1. The van der Waals surface area contributed by atoms with Gasteiger partial charge >= 0.3 is 0 Å². The fraction of sp³-hybridized carbons (Fsp3) is 0.350. The van der Waals surface area contributed by atoms with Crippen molar-refractivity contribution >= 4 is 38.5 Å². The summed E-state index contributed by atoms with van der Waals surface area (Å²) in [6, 6.07) is 15.0. The molecule has 138 valence electrons. The van der Waals surface area contributed by atoms with Crippen LogP contribution in [0, 0.1) is 13.8 Å². The molecule has 0 radical (unpaired) electrons. The van der Waals surface area contributed by atoms with Crippen molar-refractivity contribution in [3.05, 3.63) is 65.2 Å². The third kappa shape index (κ3) is 4.11. The Kier molecular flexibility index (Phi) is 5.72. The van der Waals surface area contributed by atoms with E-state index in [9.17, 15) is 8.42 Å². The lowest BCUT2D eigenvalue weighted by Gasteiger charge is -2.37. The third-order valence-corrected chi connectivity index (χ3v) is 7.16. The van der Waals surface area contributed by atoms with E-state index in [1.54, 1.807) is 24.3 Å². The van der Waals surface area contributed by atoms with Crippen molar-refractivity contribution in [3.8, 4) is 0 Å². The molecule has 0 N–H and O–H groups in total. The van der Waals surface area contributed by atoms with Gasteiger partial charge in [-0.3, -0.25) is 0 Å². The summed E-state index contributed by atoms with van der Waals surface area (Å²) in [5.41, 5.74) is 2.74. The largest absolute Gasteiger partial charge is 0.468 e. The maximum atomic E-state index is 12.6. The highest BCUT2D eigenvalue weighted by Gasteiger charge is 2.38.